The fourth-order valence-corrected chi connectivity index (χ4v) is 2.17. The van der Waals surface area contributed by atoms with E-state index in [-0.39, 0.29) is 12.1 Å². The van der Waals surface area contributed by atoms with Crippen molar-refractivity contribution in [3.05, 3.63) is 58.6 Å². The molecule has 0 radical (unpaired) electrons. The number of aliphatic hydroxyl groups excluding tert-OH is 1. The van der Waals surface area contributed by atoms with Crippen molar-refractivity contribution in [2.24, 2.45) is 7.05 Å². The summed E-state index contributed by atoms with van der Waals surface area (Å²) in [5.41, 5.74) is 1.03. The molecule has 0 spiro atoms. The van der Waals surface area contributed by atoms with Gasteiger partial charge in [0.05, 0.1) is 25.0 Å². The zero-order chi connectivity index (χ0) is 14.1. The van der Waals surface area contributed by atoms with Crippen LogP contribution in [0.3, 0.4) is 0 Å². The van der Waals surface area contributed by atoms with Crippen molar-refractivity contribution in [2.75, 3.05) is 0 Å². The zero-order valence-electron chi connectivity index (χ0n) is 11.0. The summed E-state index contributed by atoms with van der Waals surface area (Å²) >= 11 is 0. The molecule has 0 bridgehead atoms. The van der Waals surface area contributed by atoms with E-state index in [0.29, 0.717) is 10.9 Å². The number of nitrogens with zero attached hydrogens (tertiary/aromatic N) is 4. The first-order valence-electron chi connectivity index (χ1n) is 6.27. The van der Waals surface area contributed by atoms with E-state index in [4.69, 9.17) is 0 Å². The van der Waals surface area contributed by atoms with Gasteiger partial charge in [0, 0.05) is 12.4 Å². The topological polar surface area (TPSA) is 72.9 Å². The summed E-state index contributed by atoms with van der Waals surface area (Å²) in [6.07, 6.45) is 2.47. The van der Waals surface area contributed by atoms with Crippen LogP contribution in [0.2, 0.25) is 0 Å². The molecule has 3 rings (SSSR count). The van der Waals surface area contributed by atoms with E-state index in [0.717, 1.165) is 5.56 Å². The molecule has 1 aromatic carbocycles. The van der Waals surface area contributed by atoms with Crippen LogP contribution in [0.25, 0.3) is 10.9 Å². The van der Waals surface area contributed by atoms with Crippen molar-refractivity contribution in [3.63, 3.8) is 0 Å². The molecule has 0 amide bonds. The van der Waals surface area contributed by atoms with Crippen LogP contribution in [0.15, 0.2) is 47.5 Å². The fraction of sp³-hybridized carbons (Fsp3) is 0.214. The molecule has 1 atom stereocenters. The third kappa shape index (κ3) is 2.10. The maximum atomic E-state index is 12.1. The van der Waals surface area contributed by atoms with Gasteiger partial charge in [-0.2, -0.15) is 10.2 Å². The molecular formula is C14H14N4O2. The van der Waals surface area contributed by atoms with Crippen molar-refractivity contribution >= 4 is 10.9 Å². The quantitative estimate of drug-likeness (QED) is 0.766. The van der Waals surface area contributed by atoms with Gasteiger partial charge in [0.15, 0.2) is 0 Å². The lowest BCUT2D eigenvalue weighted by Gasteiger charge is -2.11. The van der Waals surface area contributed by atoms with Crippen LogP contribution in [0.1, 0.15) is 11.7 Å². The Bertz CT molecular complexity index is 792. The predicted molar refractivity (Wildman–Crippen MR) is 74.2 cm³/mol. The van der Waals surface area contributed by atoms with E-state index in [1.54, 1.807) is 19.4 Å². The third-order valence-corrected chi connectivity index (χ3v) is 3.26. The summed E-state index contributed by atoms with van der Waals surface area (Å²) in [4.78, 5) is 12.1. The first kappa shape index (κ1) is 12.6. The van der Waals surface area contributed by atoms with E-state index in [1.807, 2.05) is 30.3 Å². The summed E-state index contributed by atoms with van der Waals surface area (Å²) in [7, 11) is 1.59. The minimum atomic E-state index is -0.711. The maximum absolute atomic E-state index is 12.1. The smallest absolute Gasteiger partial charge is 0.292 e. The van der Waals surface area contributed by atoms with E-state index in [1.165, 1.54) is 9.36 Å². The van der Waals surface area contributed by atoms with Gasteiger partial charge in [-0.25, -0.2) is 4.68 Å². The highest BCUT2D eigenvalue weighted by Crippen LogP contribution is 2.16. The molecular weight excluding hydrogens is 256 g/mol. The Morgan fingerprint density at radius 1 is 1.20 bits per heavy atom. The van der Waals surface area contributed by atoms with Crippen LogP contribution in [0.4, 0.5) is 0 Å². The molecule has 6 heteroatoms. The van der Waals surface area contributed by atoms with E-state index in [9.17, 15) is 9.90 Å². The summed E-state index contributed by atoms with van der Waals surface area (Å²) in [5.74, 6) is 0. The lowest BCUT2D eigenvalue weighted by atomic mass is 10.1. The number of aryl methyl sites for hydroxylation is 1. The van der Waals surface area contributed by atoms with Crippen LogP contribution in [-0.4, -0.2) is 24.7 Å². The number of aliphatic hydroxyl groups is 1. The third-order valence-electron chi connectivity index (χ3n) is 3.26. The van der Waals surface area contributed by atoms with Gasteiger partial charge in [0.1, 0.15) is 5.52 Å². The molecule has 2 aromatic heterocycles. The molecule has 1 N–H and O–H groups in total. The maximum Gasteiger partial charge on any atom is 0.292 e. The first-order chi connectivity index (χ1) is 9.66. The second-order valence-corrected chi connectivity index (χ2v) is 4.63. The summed E-state index contributed by atoms with van der Waals surface area (Å²) in [6, 6.07) is 9.30. The average molecular weight is 270 g/mol. The number of rotatable bonds is 3. The average Bonchev–Trinajstić information content (AvgIpc) is 2.87. The Hall–Kier alpha value is -2.47. The number of fused-ring (bicyclic) bond motifs is 1. The van der Waals surface area contributed by atoms with Crippen LogP contribution < -0.4 is 5.56 Å². The Labute approximate surface area is 114 Å². The van der Waals surface area contributed by atoms with E-state index in [2.05, 4.69) is 10.2 Å². The fourth-order valence-electron chi connectivity index (χ4n) is 2.17. The van der Waals surface area contributed by atoms with Gasteiger partial charge in [-0.15, -0.1) is 0 Å². The van der Waals surface area contributed by atoms with Crippen LogP contribution in [0, 0.1) is 0 Å². The first-order valence-corrected chi connectivity index (χ1v) is 6.27. The Morgan fingerprint density at radius 2 is 1.90 bits per heavy atom. The van der Waals surface area contributed by atoms with Crippen molar-refractivity contribution < 1.29 is 5.11 Å². The second kappa shape index (κ2) is 4.90. The number of hydrogen-bond acceptors (Lipinski definition) is 4. The van der Waals surface area contributed by atoms with E-state index >= 15 is 0 Å². The zero-order valence-corrected chi connectivity index (χ0v) is 11.0. The molecule has 2 heterocycles. The minimum absolute atomic E-state index is 0.222. The largest absolute Gasteiger partial charge is 0.386 e. The van der Waals surface area contributed by atoms with Gasteiger partial charge < -0.3 is 5.11 Å². The lowest BCUT2D eigenvalue weighted by molar-refractivity contribution is 0.153. The van der Waals surface area contributed by atoms with Gasteiger partial charge in [-0.3, -0.25) is 9.48 Å². The molecule has 3 aromatic rings. The summed E-state index contributed by atoms with van der Waals surface area (Å²) in [6.45, 7) is 0.229. The Kier molecular flexibility index (Phi) is 3.08. The van der Waals surface area contributed by atoms with Crippen molar-refractivity contribution in [3.8, 4) is 0 Å². The molecule has 0 aliphatic rings. The van der Waals surface area contributed by atoms with Crippen LogP contribution in [-0.2, 0) is 13.6 Å². The highest BCUT2D eigenvalue weighted by molar-refractivity contribution is 5.76. The summed E-state index contributed by atoms with van der Waals surface area (Å²) < 4.78 is 2.78. The molecule has 0 aliphatic heterocycles. The molecule has 0 fully saturated rings. The Balaban J connectivity index is 2.00. The second-order valence-electron chi connectivity index (χ2n) is 4.63. The summed E-state index contributed by atoms with van der Waals surface area (Å²) in [5, 5.41) is 19.0. The van der Waals surface area contributed by atoms with Crippen molar-refractivity contribution in [1.29, 1.82) is 0 Å². The highest BCUT2D eigenvalue weighted by atomic mass is 16.3. The normalized spacial score (nSPS) is 12.7. The Morgan fingerprint density at radius 3 is 2.65 bits per heavy atom. The molecule has 1 unspecified atom stereocenters. The van der Waals surface area contributed by atoms with Crippen LogP contribution >= 0.6 is 0 Å². The predicted octanol–water partition coefficient (Wildman–Crippen LogP) is 0.864. The van der Waals surface area contributed by atoms with Crippen LogP contribution in [0.5, 0.6) is 0 Å². The molecule has 6 nitrogen and oxygen atoms in total. The highest BCUT2D eigenvalue weighted by Gasteiger charge is 2.13. The molecule has 0 saturated heterocycles. The van der Waals surface area contributed by atoms with Gasteiger partial charge in [0.25, 0.3) is 5.56 Å². The standard InChI is InChI=1S/C14H14N4O2/c1-17-14(20)13-11(7-15-17)8-16-18(13)9-12(19)10-5-3-2-4-6-10/h2-8,12,19H,9H2,1H3. The van der Waals surface area contributed by atoms with Gasteiger partial charge in [0.2, 0.25) is 0 Å². The minimum Gasteiger partial charge on any atom is -0.386 e. The van der Waals surface area contributed by atoms with E-state index < -0.39 is 6.10 Å². The molecule has 0 saturated carbocycles. The number of benzene rings is 1. The van der Waals surface area contributed by atoms with Gasteiger partial charge in [-0.1, -0.05) is 30.3 Å². The molecule has 102 valence electrons. The molecule has 0 aliphatic carbocycles. The monoisotopic (exact) mass is 270 g/mol. The van der Waals surface area contributed by atoms with Gasteiger partial charge >= 0.3 is 0 Å². The SMILES string of the molecule is Cn1ncc2cnn(CC(O)c3ccccc3)c2c1=O. The number of aromatic nitrogens is 4. The number of hydrogen-bond donors (Lipinski definition) is 1. The molecule has 20 heavy (non-hydrogen) atoms. The van der Waals surface area contributed by atoms with Gasteiger partial charge in [-0.05, 0) is 5.56 Å². The lowest BCUT2D eigenvalue weighted by Crippen LogP contribution is -2.22. The van der Waals surface area contributed by atoms with Crippen molar-refractivity contribution in [2.45, 2.75) is 12.6 Å². The van der Waals surface area contributed by atoms with Crippen molar-refractivity contribution in [1.82, 2.24) is 19.6 Å².